The molecule has 4 fully saturated rings. The maximum atomic E-state index is 11.6. The molecule has 0 radical (unpaired) electrons. The van der Waals surface area contributed by atoms with Gasteiger partial charge in [-0.3, -0.25) is 0 Å². The van der Waals surface area contributed by atoms with Gasteiger partial charge in [-0.1, -0.05) is 36.4 Å². The smallest absolute Gasteiger partial charge is 0.339 e. The summed E-state index contributed by atoms with van der Waals surface area (Å²) in [6, 6.07) is 16.8. The van der Waals surface area contributed by atoms with Crippen molar-refractivity contribution in [3.05, 3.63) is 65.2 Å². The molecule has 0 spiro atoms. The number of hydrogen-bond acceptors (Lipinski definition) is 5. The molecule has 0 aromatic heterocycles. The molecule has 158 valence electrons. The summed E-state index contributed by atoms with van der Waals surface area (Å²) in [5, 5.41) is 13.4. The molecule has 0 aliphatic carbocycles. The third-order valence-corrected chi connectivity index (χ3v) is 7.17. The number of hydrogen-bond donors (Lipinski definition) is 2. The predicted molar refractivity (Wildman–Crippen MR) is 115 cm³/mol. The second-order valence-electron chi connectivity index (χ2n) is 8.95. The lowest BCUT2D eigenvalue weighted by Gasteiger charge is -2.56. The maximum absolute atomic E-state index is 11.6. The monoisotopic (exact) mass is 407 g/mol. The van der Waals surface area contributed by atoms with Crippen molar-refractivity contribution in [2.75, 3.05) is 46.4 Å². The first kappa shape index (κ1) is 19.5. The third-order valence-electron chi connectivity index (χ3n) is 7.17. The van der Waals surface area contributed by atoms with Crippen LogP contribution in [0.3, 0.4) is 0 Å². The van der Waals surface area contributed by atoms with Gasteiger partial charge in [-0.25, -0.2) is 4.79 Å². The number of piperidine rings is 2. The Bertz CT molecular complexity index is 917. The molecule has 3 unspecified atom stereocenters. The topological polar surface area (TPSA) is 65.0 Å². The molecule has 6 rings (SSSR count). The largest absolute Gasteiger partial charge is 0.496 e. The molecule has 0 saturated carbocycles. The average Bonchev–Trinajstić information content (AvgIpc) is 3.01. The Hall–Kier alpha value is -2.41. The Morgan fingerprint density at radius 1 is 1.13 bits per heavy atom. The molecule has 2 aromatic rings. The van der Waals surface area contributed by atoms with E-state index in [0.29, 0.717) is 24.3 Å². The van der Waals surface area contributed by atoms with Crippen LogP contribution in [-0.2, 0) is 12.0 Å². The number of carbonyl (C=O) groups is 1. The van der Waals surface area contributed by atoms with Crippen molar-refractivity contribution in [2.45, 2.75) is 18.0 Å². The molecule has 4 aliphatic heterocycles. The number of methoxy groups -OCH3 is 1. The number of carboxylic acid groups (broad SMARTS) is 1. The highest BCUT2D eigenvalue weighted by Gasteiger charge is 2.54. The number of nitrogens with zero attached hydrogens (tertiary/aromatic N) is 2. The molecule has 30 heavy (non-hydrogen) atoms. The standard InChI is InChI=1S/C24H29N3O3/c1-30-21-8-7-17(11-20(21)23(28)29)12-25-22-18-13-26-9-10-27(14-18)16-24(22,15-26)19-5-3-2-4-6-19/h2-8,11,18,22,25H,9-10,12-16H2,1H3,(H,28,29). The van der Waals surface area contributed by atoms with Gasteiger partial charge < -0.3 is 25.0 Å². The molecule has 2 aromatic carbocycles. The molecule has 4 bridgehead atoms. The number of rotatable bonds is 6. The SMILES string of the molecule is COc1ccc(CNC2C3CN4CCN(C3)CC2(c2ccccc2)C4)cc1C(=O)O. The highest BCUT2D eigenvalue weighted by atomic mass is 16.5. The molecule has 6 heteroatoms. The van der Waals surface area contributed by atoms with Gasteiger partial charge in [-0.2, -0.15) is 0 Å². The van der Waals surface area contributed by atoms with E-state index in [0.717, 1.165) is 44.8 Å². The van der Waals surface area contributed by atoms with E-state index in [2.05, 4.69) is 45.4 Å². The molecular weight excluding hydrogens is 378 g/mol. The summed E-state index contributed by atoms with van der Waals surface area (Å²) in [5.74, 6) is 0.00674. The Kier molecular flexibility index (Phi) is 5.01. The Balaban J connectivity index is 1.45. The summed E-state index contributed by atoms with van der Waals surface area (Å²) in [7, 11) is 1.51. The van der Waals surface area contributed by atoms with Gasteiger partial charge in [-0.15, -0.1) is 0 Å². The van der Waals surface area contributed by atoms with Crippen LogP contribution in [0.2, 0.25) is 0 Å². The van der Waals surface area contributed by atoms with Crippen molar-refractivity contribution in [1.82, 2.24) is 15.1 Å². The normalized spacial score (nSPS) is 32.0. The molecule has 3 atom stereocenters. The van der Waals surface area contributed by atoms with Crippen molar-refractivity contribution in [2.24, 2.45) is 5.92 Å². The lowest BCUT2D eigenvalue weighted by atomic mass is 9.64. The zero-order valence-corrected chi connectivity index (χ0v) is 17.4. The van der Waals surface area contributed by atoms with Gasteiger partial charge in [0.05, 0.1) is 7.11 Å². The van der Waals surface area contributed by atoms with Crippen LogP contribution in [-0.4, -0.2) is 73.3 Å². The zero-order chi connectivity index (χ0) is 20.7. The van der Waals surface area contributed by atoms with Crippen LogP contribution in [0.5, 0.6) is 5.75 Å². The number of ether oxygens (including phenoxy) is 1. The summed E-state index contributed by atoms with van der Waals surface area (Å²) in [6.45, 7) is 7.36. The van der Waals surface area contributed by atoms with Crippen molar-refractivity contribution >= 4 is 5.97 Å². The van der Waals surface area contributed by atoms with E-state index < -0.39 is 5.97 Å². The minimum Gasteiger partial charge on any atom is -0.496 e. The van der Waals surface area contributed by atoms with E-state index in [9.17, 15) is 9.90 Å². The number of nitrogens with one attached hydrogen (secondary N) is 1. The van der Waals surface area contributed by atoms with Crippen LogP contribution in [0, 0.1) is 5.92 Å². The zero-order valence-electron chi connectivity index (χ0n) is 17.4. The summed E-state index contributed by atoms with van der Waals surface area (Å²) in [4.78, 5) is 16.9. The summed E-state index contributed by atoms with van der Waals surface area (Å²) < 4.78 is 5.21. The van der Waals surface area contributed by atoms with Crippen molar-refractivity contribution in [1.29, 1.82) is 0 Å². The van der Waals surface area contributed by atoms with Crippen LogP contribution in [0.15, 0.2) is 48.5 Å². The molecular formula is C24H29N3O3. The predicted octanol–water partition coefficient (Wildman–Crippen LogP) is 2.05. The van der Waals surface area contributed by atoms with E-state index in [1.807, 2.05) is 6.07 Å². The number of carboxylic acids is 1. The molecule has 2 N–H and O–H groups in total. The fourth-order valence-electron chi connectivity index (χ4n) is 5.93. The number of aromatic carboxylic acids is 1. The van der Waals surface area contributed by atoms with E-state index in [1.165, 1.54) is 12.7 Å². The number of benzene rings is 2. The van der Waals surface area contributed by atoms with Crippen molar-refractivity contribution in [3.63, 3.8) is 0 Å². The quantitative estimate of drug-likeness (QED) is 0.764. The first-order valence-corrected chi connectivity index (χ1v) is 10.7. The first-order valence-electron chi connectivity index (χ1n) is 10.7. The summed E-state index contributed by atoms with van der Waals surface area (Å²) in [5.41, 5.74) is 2.66. The van der Waals surface area contributed by atoms with Crippen molar-refractivity contribution in [3.8, 4) is 5.75 Å². The van der Waals surface area contributed by atoms with Crippen molar-refractivity contribution < 1.29 is 14.6 Å². The second kappa shape index (κ2) is 7.69. The number of fused-ring (bicyclic) bond motifs is 1. The van der Waals surface area contributed by atoms with Crippen LogP contribution in [0.25, 0.3) is 0 Å². The van der Waals surface area contributed by atoms with Gasteiger partial charge in [0.1, 0.15) is 11.3 Å². The summed E-state index contributed by atoms with van der Waals surface area (Å²) >= 11 is 0. The Morgan fingerprint density at radius 3 is 2.47 bits per heavy atom. The maximum Gasteiger partial charge on any atom is 0.339 e. The van der Waals surface area contributed by atoms with Crippen LogP contribution in [0.4, 0.5) is 0 Å². The van der Waals surface area contributed by atoms with Gasteiger partial charge in [0.2, 0.25) is 0 Å². The Morgan fingerprint density at radius 2 is 1.83 bits per heavy atom. The summed E-state index contributed by atoms with van der Waals surface area (Å²) in [6.07, 6.45) is 0. The van der Waals surface area contributed by atoms with Crippen LogP contribution >= 0.6 is 0 Å². The van der Waals surface area contributed by atoms with Gasteiger partial charge in [0.25, 0.3) is 0 Å². The van der Waals surface area contributed by atoms with Gasteiger partial charge in [-0.05, 0) is 23.3 Å². The highest BCUT2D eigenvalue weighted by molar-refractivity contribution is 5.91. The molecule has 0 amide bonds. The fourth-order valence-corrected chi connectivity index (χ4v) is 5.93. The minimum absolute atomic E-state index is 0.0566. The third kappa shape index (κ3) is 3.29. The molecule has 4 saturated heterocycles. The van der Waals surface area contributed by atoms with Gasteiger partial charge in [0, 0.05) is 63.2 Å². The van der Waals surface area contributed by atoms with E-state index >= 15 is 0 Å². The van der Waals surface area contributed by atoms with Crippen LogP contribution < -0.4 is 10.1 Å². The lowest BCUT2D eigenvalue weighted by Crippen LogP contribution is -2.69. The van der Waals surface area contributed by atoms with E-state index in [1.54, 1.807) is 12.1 Å². The molecule has 4 aliphatic rings. The molecule has 4 heterocycles. The van der Waals surface area contributed by atoms with Gasteiger partial charge in [0.15, 0.2) is 0 Å². The molecule has 6 nitrogen and oxygen atoms in total. The first-order chi connectivity index (χ1) is 14.6. The lowest BCUT2D eigenvalue weighted by molar-refractivity contribution is 0.0175. The van der Waals surface area contributed by atoms with E-state index in [-0.39, 0.29) is 11.0 Å². The van der Waals surface area contributed by atoms with E-state index in [4.69, 9.17) is 4.74 Å². The second-order valence-corrected chi connectivity index (χ2v) is 8.95. The van der Waals surface area contributed by atoms with Gasteiger partial charge >= 0.3 is 5.97 Å². The Labute approximate surface area is 177 Å². The van der Waals surface area contributed by atoms with Crippen LogP contribution in [0.1, 0.15) is 21.5 Å². The fraction of sp³-hybridized carbons (Fsp3) is 0.458. The highest BCUT2D eigenvalue weighted by Crippen LogP contribution is 2.43. The average molecular weight is 408 g/mol. The minimum atomic E-state index is -0.957.